The van der Waals surface area contributed by atoms with Crippen LogP contribution in [-0.4, -0.2) is 19.5 Å². The summed E-state index contributed by atoms with van der Waals surface area (Å²) >= 11 is 3.99. The van der Waals surface area contributed by atoms with Crippen LogP contribution in [0.3, 0.4) is 0 Å². The predicted molar refractivity (Wildman–Crippen MR) is 76.2 cm³/mol. The summed E-state index contributed by atoms with van der Waals surface area (Å²) in [6, 6.07) is 4.82. The zero-order valence-corrected chi connectivity index (χ0v) is 12.9. The Bertz CT molecular complexity index is 772. The first kappa shape index (κ1) is 14.9. The van der Waals surface area contributed by atoms with Crippen LogP contribution < -0.4 is 4.72 Å². The van der Waals surface area contributed by atoms with E-state index >= 15 is 0 Å². The van der Waals surface area contributed by atoms with Gasteiger partial charge in [-0.15, -0.1) is 11.3 Å². The van der Waals surface area contributed by atoms with Gasteiger partial charge in [0.05, 0.1) is 11.3 Å². The average molecular weight is 380 g/mol. The standard InChI is InChI=1S/C11H7BrFNO4S2/c12-7-4-5-19-11(7)20(17,18)14-9-6(10(15)16)2-1-3-8(9)13/h1-5,14H,(H,15,16). The number of para-hydroxylation sites is 1. The lowest BCUT2D eigenvalue weighted by molar-refractivity contribution is 0.0697. The maximum atomic E-state index is 13.7. The summed E-state index contributed by atoms with van der Waals surface area (Å²) in [7, 11) is -4.06. The number of sulfonamides is 1. The summed E-state index contributed by atoms with van der Waals surface area (Å²) in [6.45, 7) is 0. The monoisotopic (exact) mass is 379 g/mol. The molecule has 2 N–H and O–H groups in total. The second-order valence-electron chi connectivity index (χ2n) is 3.63. The number of anilines is 1. The van der Waals surface area contributed by atoms with Crippen molar-refractivity contribution < 1.29 is 22.7 Å². The Labute approximate surface area is 126 Å². The van der Waals surface area contributed by atoms with Crippen molar-refractivity contribution in [3.63, 3.8) is 0 Å². The molecule has 0 amide bonds. The molecule has 0 fully saturated rings. The van der Waals surface area contributed by atoms with Crippen LogP contribution in [0.25, 0.3) is 0 Å². The Morgan fingerprint density at radius 1 is 1.35 bits per heavy atom. The molecule has 2 aromatic rings. The molecule has 1 heterocycles. The number of benzene rings is 1. The lowest BCUT2D eigenvalue weighted by Gasteiger charge is -2.10. The minimum atomic E-state index is -4.06. The van der Waals surface area contributed by atoms with Gasteiger partial charge >= 0.3 is 5.97 Å². The fraction of sp³-hybridized carbons (Fsp3) is 0. The number of thiophene rings is 1. The van der Waals surface area contributed by atoms with Crippen LogP contribution in [0, 0.1) is 5.82 Å². The van der Waals surface area contributed by atoms with E-state index in [0.29, 0.717) is 4.47 Å². The van der Waals surface area contributed by atoms with Crippen molar-refractivity contribution in [1.82, 2.24) is 0 Å². The van der Waals surface area contributed by atoms with Crippen molar-refractivity contribution in [2.45, 2.75) is 4.21 Å². The summed E-state index contributed by atoms with van der Waals surface area (Å²) in [5, 5.41) is 10.5. The third-order valence-corrected chi connectivity index (χ3v) is 6.33. The average Bonchev–Trinajstić information content (AvgIpc) is 2.78. The van der Waals surface area contributed by atoms with E-state index < -0.39 is 33.1 Å². The van der Waals surface area contributed by atoms with Crippen molar-refractivity contribution in [1.29, 1.82) is 0 Å². The van der Waals surface area contributed by atoms with Crippen LogP contribution >= 0.6 is 27.3 Å². The molecule has 0 saturated heterocycles. The minimum Gasteiger partial charge on any atom is -0.478 e. The highest BCUT2D eigenvalue weighted by molar-refractivity contribution is 9.10. The third-order valence-electron chi connectivity index (χ3n) is 2.31. The van der Waals surface area contributed by atoms with E-state index in [1.807, 2.05) is 4.72 Å². The molecule has 0 spiro atoms. The molecule has 0 radical (unpaired) electrons. The zero-order chi connectivity index (χ0) is 14.9. The molecule has 20 heavy (non-hydrogen) atoms. The first-order chi connectivity index (χ1) is 9.33. The number of carboxylic acid groups (broad SMARTS) is 1. The topological polar surface area (TPSA) is 83.5 Å². The van der Waals surface area contributed by atoms with Gasteiger partial charge in [-0.3, -0.25) is 4.72 Å². The number of nitrogens with one attached hydrogen (secondary N) is 1. The molecule has 1 aromatic heterocycles. The highest BCUT2D eigenvalue weighted by atomic mass is 79.9. The molecule has 0 aliphatic heterocycles. The van der Waals surface area contributed by atoms with Crippen molar-refractivity contribution in [3.05, 3.63) is 45.5 Å². The van der Waals surface area contributed by atoms with Gasteiger partial charge in [0, 0.05) is 4.47 Å². The molecular weight excluding hydrogens is 373 g/mol. The van der Waals surface area contributed by atoms with Gasteiger partial charge in [-0.2, -0.15) is 0 Å². The summed E-state index contributed by atoms with van der Waals surface area (Å²) in [5.41, 5.74) is -1.04. The highest BCUT2D eigenvalue weighted by Crippen LogP contribution is 2.31. The number of halogens is 2. The van der Waals surface area contributed by atoms with Gasteiger partial charge in [0.1, 0.15) is 5.82 Å². The number of rotatable bonds is 4. The van der Waals surface area contributed by atoms with Gasteiger partial charge in [-0.25, -0.2) is 17.6 Å². The highest BCUT2D eigenvalue weighted by Gasteiger charge is 2.24. The molecule has 5 nitrogen and oxygen atoms in total. The molecule has 2 rings (SSSR count). The van der Waals surface area contributed by atoms with Crippen molar-refractivity contribution in [3.8, 4) is 0 Å². The lowest BCUT2D eigenvalue weighted by atomic mass is 10.2. The van der Waals surface area contributed by atoms with Crippen LogP contribution in [0.5, 0.6) is 0 Å². The van der Waals surface area contributed by atoms with Gasteiger partial charge in [-0.1, -0.05) is 6.07 Å². The molecule has 1 aromatic carbocycles. The second-order valence-corrected chi connectivity index (χ2v) is 7.28. The van der Waals surface area contributed by atoms with Crippen molar-refractivity contribution in [2.75, 3.05) is 4.72 Å². The smallest absolute Gasteiger partial charge is 0.337 e. The minimum absolute atomic E-state index is 0.0582. The molecular formula is C11H7BrFNO4S2. The second kappa shape index (κ2) is 5.51. The molecule has 0 unspecified atom stereocenters. The largest absolute Gasteiger partial charge is 0.478 e. The van der Waals surface area contributed by atoms with E-state index in [2.05, 4.69) is 15.9 Å². The number of aromatic carboxylic acids is 1. The summed E-state index contributed by atoms with van der Waals surface area (Å²) in [6.07, 6.45) is 0. The van der Waals surface area contributed by atoms with Gasteiger partial charge in [0.25, 0.3) is 10.0 Å². The van der Waals surface area contributed by atoms with E-state index in [0.717, 1.165) is 23.5 Å². The Kier molecular flexibility index (Phi) is 4.11. The van der Waals surface area contributed by atoms with Gasteiger partial charge in [0.2, 0.25) is 0 Å². The molecule has 106 valence electrons. The number of hydrogen-bond acceptors (Lipinski definition) is 4. The summed E-state index contributed by atoms with van der Waals surface area (Å²) in [4.78, 5) is 11.0. The van der Waals surface area contributed by atoms with E-state index in [4.69, 9.17) is 5.11 Å². The van der Waals surface area contributed by atoms with Crippen LogP contribution in [0.1, 0.15) is 10.4 Å². The van der Waals surface area contributed by atoms with Crippen LogP contribution in [0.4, 0.5) is 10.1 Å². The van der Waals surface area contributed by atoms with Crippen LogP contribution in [0.2, 0.25) is 0 Å². The number of hydrogen-bond donors (Lipinski definition) is 2. The third kappa shape index (κ3) is 2.84. The molecule has 0 aliphatic carbocycles. The first-order valence-corrected chi connectivity index (χ1v) is 8.26. The zero-order valence-electron chi connectivity index (χ0n) is 9.63. The maximum absolute atomic E-state index is 13.7. The van der Waals surface area contributed by atoms with Gasteiger partial charge in [-0.05, 0) is 39.5 Å². The fourth-order valence-corrected chi connectivity index (χ4v) is 4.89. The molecule has 0 aliphatic rings. The summed E-state index contributed by atoms with van der Waals surface area (Å²) < 4.78 is 40.2. The van der Waals surface area contributed by atoms with Crippen molar-refractivity contribution >= 4 is 48.9 Å². The lowest BCUT2D eigenvalue weighted by Crippen LogP contribution is -2.16. The SMILES string of the molecule is O=C(O)c1cccc(F)c1NS(=O)(=O)c1sccc1Br. The Morgan fingerprint density at radius 2 is 2.05 bits per heavy atom. The predicted octanol–water partition coefficient (Wildman–Crippen LogP) is 3.15. The first-order valence-electron chi connectivity index (χ1n) is 5.10. The maximum Gasteiger partial charge on any atom is 0.337 e. The van der Waals surface area contributed by atoms with Crippen LogP contribution in [-0.2, 0) is 10.0 Å². The van der Waals surface area contributed by atoms with E-state index in [1.54, 1.807) is 0 Å². The summed E-state index contributed by atoms with van der Waals surface area (Å²) in [5.74, 6) is -2.38. The Morgan fingerprint density at radius 3 is 2.60 bits per heavy atom. The number of carboxylic acids is 1. The van der Waals surface area contributed by atoms with E-state index in [-0.39, 0.29) is 4.21 Å². The van der Waals surface area contributed by atoms with Crippen LogP contribution in [0.15, 0.2) is 38.3 Å². The normalized spacial score (nSPS) is 11.3. The van der Waals surface area contributed by atoms with E-state index in [9.17, 15) is 17.6 Å². The van der Waals surface area contributed by atoms with Crippen molar-refractivity contribution in [2.24, 2.45) is 0 Å². The van der Waals surface area contributed by atoms with Gasteiger partial charge in [0.15, 0.2) is 4.21 Å². The Balaban J connectivity index is 2.50. The quantitative estimate of drug-likeness (QED) is 0.854. The van der Waals surface area contributed by atoms with E-state index in [1.165, 1.54) is 17.5 Å². The van der Waals surface area contributed by atoms with Gasteiger partial charge < -0.3 is 5.11 Å². The molecule has 0 bridgehead atoms. The number of carbonyl (C=O) groups is 1. The Hall–Kier alpha value is -1.45. The molecule has 9 heteroatoms. The fourth-order valence-electron chi connectivity index (χ4n) is 1.46. The molecule has 0 saturated carbocycles. The molecule has 0 atom stereocenters.